The summed E-state index contributed by atoms with van der Waals surface area (Å²) in [6.07, 6.45) is 18.2. The van der Waals surface area contributed by atoms with Gasteiger partial charge in [0.15, 0.2) is 0 Å². The van der Waals surface area contributed by atoms with E-state index in [0.29, 0.717) is 23.2 Å². The molecule has 27 heavy (non-hydrogen) atoms. The number of methoxy groups -OCH3 is 1. The summed E-state index contributed by atoms with van der Waals surface area (Å²) < 4.78 is 4.88. The van der Waals surface area contributed by atoms with Crippen molar-refractivity contribution in [3.63, 3.8) is 0 Å². The number of esters is 1. The van der Waals surface area contributed by atoms with E-state index in [2.05, 4.69) is 32.9 Å². The van der Waals surface area contributed by atoms with Gasteiger partial charge in [0.2, 0.25) is 0 Å². The minimum atomic E-state index is -0.0447. The molecule has 2 heteroatoms. The SMILES string of the molecule is COC(=O)CC[C@@H](C)[C@@H]1CC[C@H]2[C@H]3C=C[C@H]4CCCC[C@]4(C)[C@@H]3CC[C@@]21C. The summed E-state index contributed by atoms with van der Waals surface area (Å²) >= 11 is 0. The van der Waals surface area contributed by atoms with Crippen LogP contribution in [0.5, 0.6) is 0 Å². The van der Waals surface area contributed by atoms with Gasteiger partial charge in [-0.3, -0.25) is 4.79 Å². The van der Waals surface area contributed by atoms with Crippen LogP contribution in [-0.2, 0) is 9.53 Å². The van der Waals surface area contributed by atoms with E-state index in [1.807, 2.05) is 0 Å². The van der Waals surface area contributed by atoms with Gasteiger partial charge in [-0.1, -0.05) is 45.8 Å². The first-order chi connectivity index (χ1) is 12.9. The third kappa shape index (κ3) is 3.10. The number of allylic oxidation sites excluding steroid dienone is 2. The Morgan fingerprint density at radius 2 is 1.81 bits per heavy atom. The fraction of sp³-hybridized carbons (Fsp3) is 0.880. The Labute approximate surface area is 166 Å². The average Bonchev–Trinajstić information content (AvgIpc) is 3.02. The Morgan fingerprint density at radius 1 is 1.04 bits per heavy atom. The van der Waals surface area contributed by atoms with Gasteiger partial charge in [-0.05, 0) is 91.3 Å². The molecule has 0 aromatic carbocycles. The van der Waals surface area contributed by atoms with E-state index < -0.39 is 0 Å². The fourth-order valence-corrected chi connectivity index (χ4v) is 8.28. The van der Waals surface area contributed by atoms with E-state index in [9.17, 15) is 4.79 Å². The van der Waals surface area contributed by atoms with E-state index >= 15 is 0 Å². The molecule has 152 valence electrons. The summed E-state index contributed by atoms with van der Waals surface area (Å²) in [5.41, 5.74) is 1.03. The maximum absolute atomic E-state index is 11.6. The average molecular weight is 373 g/mol. The molecule has 0 amide bonds. The van der Waals surface area contributed by atoms with Crippen molar-refractivity contribution in [3.8, 4) is 0 Å². The smallest absolute Gasteiger partial charge is 0.305 e. The zero-order valence-electron chi connectivity index (χ0n) is 18.0. The monoisotopic (exact) mass is 372 g/mol. The third-order valence-corrected chi connectivity index (χ3v) is 9.86. The van der Waals surface area contributed by atoms with Crippen LogP contribution in [0.25, 0.3) is 0 Å². The lowest BCUT2D eigenvalue weighted by Gasteiger charge is -2.58. The summed E-state index contributed by atoms with van der Waals surface area (Å²) in [5.74, 6) is 4.78. The van der Waals surface area contributed by atoms with E-state index in [1.165, 1.54) is 58.5 Å². The topological polar surface area (TPSA) is 26.3 Å². The molecule has 2 nitrogen and oxygen atoms in total. The third-order valence-electron chi connectivity index (χ3n) is 9.86. The van der Waals surface area contributed by atoms with Crippen LogP contribution in [-0.4, -0.2) is 13.1 Å². The Balaban J connectivity index is 1.52. The predicted molar refractivity (Wildman–Crippen MR) is 110 cm³/mol. The summed E-state index contributed by atoms with van der Waals surface area (Å²) in [6, 6.07) is 0. The zero-order valence-corrected chi connectivity index (χ0v) is 18.0. The molecule has 0 unspecified atom stereocenters. The number of rotatable bonds is 4. The minimum Gasteiger partial charge on any atom is -0.469 e. The first kappa shape index (κ1) is 19.5. The number of fused-ring (bicyclic) bond motifs is 5. The van der Waals surface area contributed by atoms with Crippen LogP contribution in [0.15, 0.2) is 12.2 Å². The van der Waals surface area contributed by atoms with Gasteiger partial charge in [0.25, 0.3) is 0 Å². The quantitative estimate of drug-likeness (QED) is 0.421. The molecule has 0 aromatic heterocycles. The second kappa shape index (κ2) is 7.23. The van der Waals surface area contributed by atoms with Crippen molar-refractivity contribution in [1.29, 1.82) is 0 Å². The molecule has 3 saturated carbocycles. The molecule has 0 radical (unpaired) electrons. The molecule has 0 bridgehead atoms. The maximum Gasteiger partial charge on any atom is 0.305 e. The fourth-order valence-electron chi connectivity index (χ4n) is 8.28. The molecule has 4 aliphatic rings. The molecule has 0 aliphatic heterocycles. The largest absolute Gasteiger partial charge is 0.469 e. The molecule has 0 spiro atoms. The molecular formula is C25H40O2. The summed E-state index contributed by atoms with van der Waals surface area (Å²) in [4.78, 5) is 11.6. The van der Waals surface area contributed by atoms with Crippen LogP contribution in [0.2, 0.25) is 0 Å². The zero-order chi connectivity index (χ0) is 19.2. The van der Waals surface area contributed by atoms with Crippen LogP contribution in [0, 0.1) is 46.3 Å². The lowest BCUT2D eigenvalue weighted by atomic mass is 9.46. The highest BCUT2D eigenvalue weighted by Crippen LogP contribution is 2.66. The summed E-state index contributed by atoms with van der Waals surface area (Å²) in [6.45, 7) is 7.62. The van der Waals surface area contributed by atoms with Gasteiger partial charge in [-0.15, -0.1) is 0 Å². The van der Waals surface area contributed by atoms with Crippen LogP contribution in [0.3, 0.4) is 0 Å². The molecule has 0 N–H and O–H groups in total. The highest BCUT2D eigenvalue weighted by molar-refractivity contribution is 5.69. The number of carbonyl (C=O) groups excluding carboxylic acids is 1. The van der Waals surface area contributed by atoms with Crippen molar-refractivity contribution in [2.24, 2.45) is 46.3 Å². The van der Waals surface area contributed by atoms with Crippen molar-refractivity contribution in [2.75, 3.05) is 7.11 Å². The Bertz CT molecular complexity index is 595. The first-order valence-electron chi connectivity index (χ1n) is 11.7. The van der Waals surface area contributed by atoms with Gasteiger partial charge in [0.1, 0.15) is 0 Å². The first-order valence-corrected chi connectivity index (χ1v) is 11.7. The predicted octanol–water partition coefficient (Wildman–Crippen LogP) is 6.40. The molecule has 4 aliphatic carbocycles. The summed E-state index contributed by atoms with van der Waals surface area (Å²) in [5, 5.41) is 0. The van der Waals surface area contributed by atoms with Gasteiger partial charge in [-0.25, -0.2) is 0 Å². The van der Waals surface area contributed by atoms with E-state index in [0.717, 1.165) is 36.0 Å². The van der Waals surface area contributed by atoms with Crippen molar-refractivity contribution in [3.05, 3.63) is 12.2 Å². The standard InChI is InChI=1S/C25H40O2/c1-17(8-13-23(26)27-4)20-11-12-21-19-10-9-18-7-5-6-15-24(18,2)22(19)14-16-25(20,21)3/h9-10,17-22H,5-8,11-16H2,1-4H3/t17-,18-,19-,20+,21+,22-,24+,25-/m1/s1. The van der Waals surface area contributed by atoms with E-state index in [4.69, 9.17) is 4.74 Å². The van der Waals surface area contributed by atoms with Gasteiger partial charge < -0.3 is 4.74 Å². The number of hydrogen-bond donors (Lipinski definition) is 0. The number of ether oxygens (including phenoxy) is 1. The molecule has 0 saturated heterocycles. The lowest BCUT2D eigenvalue weighted by Crippen LogP contribution is -2.51. The van der Waals surface area contributed by atoms with Crippen LogP contribution >= 0.6 is 0 Å². The Morgan fingerprint density at radius 3 is 2.59 bits per heavy atom. The lowest BCUT2D eigenvalue weighted by molar-refractivity contribution is -0.141. The molecule has 0 heterocycles. The normalized spacial score (nSPS) is 46.9. The highest BCUT2D eigenvalue weighted by atomic mass is 16.5. The highest BCUT2D eigenvalue weighted by Gasteiger charge is 2.58. The molecule has 8 atom stereocenters. The van der Waals surface area contributed by atoms with Crippen molar-refractivity contribution < 1.29 is 9.53 Å². The molecule has 0 aromatic rings. The van der Waals surface area contributed by atoms with Gasteiger partial charge in [-0.2, -0.15) is 0 Å². The summed E-state index contributed by atoms with van der Waals surface area (Å²) in [7, 11) is 1.51. The van der Waals surface area contributed by atoms with E-state index in [-0.39, 0.29) is 5.97 Å². The number of hydrogen-bond acceptors (Lipinski definition) is 2. The molecule has 3 fully saturated rings. The second-order valence-corrected chi connectivity index (χ2v) is 10.9. The Kier molecular flexibility index (Phi) is 5.23. The van der Waals surface area contributed by atoms with Gasteiger partial charge in [0, 0.05) is 6.42 Å². The van der Waals surface area contributed by atoms with Crippen LogP contribution in [0.4, 0.5) is 0 Å². The maximum atomic E-state index is 11.6. The minimum absolute atomic E-state index is 0.0447. The van der Waals surface area contributed by atoms with Crippen molar-refractivity contribution >= 4 is 5.97 Å². The van der Waals surface area contributed by atoms with E-state index in [1.54, 1.807) is 0 Å². The second-order valence-electron chi connectivity index (χ2n) is 10.9. The molecule has 4 rings (SSSR count). The van der Waals surface area contributed by atoms with Gasteiger partial charge in [0.05, 0.1) is 7.11 Å². The van der Waals surface area contributed by atoms with Crippen LogP contribution < -0.4 is 0 Å². The van der Waals surface area contributed by atoms with Crippen LogP contribution in [0.1, 0.15) is 85.0 Å². The molecular weight excluding hydrogens is 332 g/mol. The van der Waals surface area contributed by atoms with Gasteiger partial charge >= 0.3 is 5.97 Å². The van der Waals surface area contributed by atoms with Crippen molar-refractivity contribution in [1.82, 2.24) is 0 Å². The Hall–Kier alpha value is -0.790. The number of carbonyl (C=O) groups is 1. The van der Waals surface area contributed by atoms with Crippen molar-refractivity contribution in [2.45, 2.75) is 85.0 Å².